The molecule has 2 atom stereocenters. The van der Waals surface area contributed by atoms with Crippen LogP contribution in [0.4, 0.5) is 8.78 Å². The quantitative estimate of drug-likeness (QED) is 0.788. The number of ketones is 1. The van der Waals surface area contributed by atoms with E-state index in [-0.39, 0.29) is 5.56 Å². The molecule has 0 heterocycles. The summed E-state index contributed by atoms with van der Waals surface area (Å²) in [5, 5.41) is 17.1. The number of alkyl halides is 3. The van der Waals surface area contributed by atoms with Gasteiger partial charge in [0.15, 0.2) is 11.9 Å². The van der Waals surface area contributed by atoms with Gasteiger partial charge in [0.05, 0.1) is 0 Å². The van der Waals surface area contributed by atoms with E-state index < -0.39 is 41.2 Å². The van der Waals surface area contributed by atoms with Crippen LogP contribution < -0.4 is 4.74 Å². The minimum absolute atomic E-state index is 0.0905. The monoisotopic (exact) mass is 308 g/mol. The van der Waals surface area contributed by atoms with Gasteiger partial charge in [-0.25, -0.2) is 4.79 Å². The van der Waals surface area contributed by atoms with Crippen LogP contribution in [0.15, 0.2) is 18.2 Å². The number of ether oxygens (including phenoxy) is 1. The molecule has 0 bridgehead atoms. The molecule has 2 N–H and O–H groups in total. The largest absolute Gasteiger partial charge is 0.479 e. The maximum absolute atomic E-state index is 12.3. The Balaban J connectivity index is 3.43. The molecule has 0 saturated carbocycles. The number of aliphatic carboxylic acids is 1. The van der Waals surface area contributed by atoms with E-state index in [1.54, 1.807) is 0 Å². The number of aliphatic hydroxyl groups is 1. The number of halogens is 3. The number of hydrogen-bond acceptors (Lipinski definition) is 4. The van der Waals surface area contributed by atoms with Crippen LogP contribution in [0.5, 0.6) is 5.75 Å². The SMILES string of the molecule is CC(=O)C(Cl)c1cccc(OC(F)F)c1C(O)C(=O)O. The van der Waals surface area contributed by atoms with Gasteiger partial charge in [0, 0.05) is 5.56 Å². The molecule has 1 aromatic rings. The Kier molecular flexibility index (Phi) is 5.41. The molecule has 1 rings (SSSR count). The van der Waals surface area contributed by atoms with Gasteiger partial charge in [-0.1, -0.05) is 12.1 Å². The van der Waals surface area contributed by atoms with Gasteiger partial charge >= 0.3 is 12.6 Å². The van der Waals surface area contributed by atoms with E-state index in [9.17, 15) is 23.5 Å². The zero-order chi connectivity index (χ0) is 15.4. The third-order valence-electron chi connectivity index (χ3n) is 2.45. The van der Waals surface area contributed by atoms with Crippen LogP contribution in [-0.4, -0.2) is 28.6 Å². The number of benzene rings is 1. The van der Waals surface area contributed by atoms with Crippen molar-refractivity contribution in [3.05, 3.63) is 29.3 Å². The van der Waals surface area contributed by atoms with Gasteiger partial charge in [0.1, 0.15) is 11.1 Å². The van der Waals surface area contributed by atoms with Crippen molar-refractivity contribution >= 4 is 23.4 Å². The molecule has 0 aliphatic carbocycles. The molecule has 0 amide bonds. The standard InChI is InChI=1S/C12H11ClF2O5/c1-5(16)9(13)6-3-2-4-7(20-12(14)15)8(6)10(17)11(18)19/h2-4,9-10,12,17H,1H3,(H,18,19). The molecule has 0 aliphatic heterocycles. The second-order valence-corrected chi connectivity index (χ2v) is 4.29. The second kappa shape index (κ2) is 6.62. The van der Waals surface area contributed by atoms with E-state index in [0.29, 0.717) is 0 Å². The van der Waals surface area contributed by atoms with E-state index in [1.807, 2.05) is 0 Å². The fourth-order valence-corrected chi connectivity index (χ4v) is 1.81. The molecule has 2 unspecified atom stereocenters. The summed E-state index contributed by atoms with van der Waals surface area (Å²) in [7, 11) is 0. The molecular weight excluding hydrogens is 298 g/mol. The molecule has 8 heteroatoms. The first kappa shape index (κ1) is 16.3. The van der Waals surface area contributed by atoms with Crippen LogP contribution in [0.1, 0.15) is 29.5 Å². The Morgan fingerprint density at radius 3 is 2.40 bits per heavy atom. The third kappa shape index (κ3) is 3.64. The van der Waals surface area contributed by atoms with Gasteiger partial charge in [-0.15, -0.1) is 11.6 Å². The minimum Gasteiger partial charge on any atom is -0.479 e. The Hall–Kier alpha value is -1.73. The molecule has 110 valence electrons. The molecule has 0 aliphatic rings. The molecule has 0 radical (unpaired) electrons. The molecule has 1 aromatic carbocycles. The van der Waals surface area contributed by atoms with E-state index >= 15 is 0 Å². The van der Waals surface area contributed by atoms with Gasteiger partial charge in [-0.2, -0.15) is 8.78 Å². The summed E-state index contributed by atoms with van der Waals surface area (Å²) in [6, 6.07) is 3.59. The summed E-state index contributed by atoms with van der Waals surface area (Å²) in [5.74, 6) is -2.75. The smallest absolute Gasteiger partial charge is 0.387 e. The lowest BCUT2D eigenvalue weighted by Crippen LogP contribution is -2.17. The van der Waals surface area contributed by atoms with Crippen molar-refractivity contribution in [2.24, 2.45) is 0 Å². The van der Waals surface area contributed by atoms with Crippen LogP contribution in [0.2, 0.25) is 0 Å². The number of carboxylic acid groups (broad SMARTS) is 1. The normalized spacial score (nSPS) is 13.9. The molecule has 0 saturated heterocycles. The molecular formula is C12H11ClF2O5. The van der Waals surface area contributed by atoms with Crippen LogP contribution in [-0.2, 0) is 9.59 Å². The zero-order valence-corrected chi connectivity index (χ0v) is 11.0. The zero-order valence-electron chi connectivity index (χ0n) is 10.2. The molecule has 0 aromatic heterocycles. The molecule has 20 heavy (non-hydrogen) atoms. The van der Waals surface area contributed by atoms with Crippen molar-refractivity contribution in [3.8, 4) is 5.75 Å². The predicted molar refractivity (Wildman–Crippen MR) is 64.9 cm³/mol. The highest BCUT2D eigenvalue weighted by atomic mass is 35.5. The second-order valence-electron chi connectivity index (χ2n) is 3.85. The number of carboxylic acids is 1. The van der Waals surface area contributed by atoms with Gasteiger partial charge in [-0.05, 0) is 18.6 Å². The highest BCUT2D eigenvalue weighted by molar-refractivity contribution is 6.31. The van der Waals surface area contributed by atoms with Crippen LogP contribution in [0, 0.1) is 0 Å². The number of carbonyl (C=O) groups is 2. The summed E-state index contributed by atoms with van der Waals surface area (Å²) < 4.78 is 28.8. The average molecular weight is 309 g/mol. The van der Waals surface area contributed by atoms with Crippen molar-refractivity contribution in [3.63, 3.8) is 0 Å². The van der Waals surface area contributed by atoms with E-state index in [4.69, 9.17) is 16.7 Å². The lowest BCUT2D eigenvalue weighted by Gasteiger charge is -2.19. The first-order chi connectivity index (χ1) is 9.25. The summed E-state index contributed by atoms with van der Waals surface area (Å²) in [6.45, 7) is -2.06. The van der Waals surface area contributed by atoms with Gasteiger partial charge in [-0.3, -0.25) is 4.79 Å². The fourth-order valence-electron chi connectivity index (χ4n) is 1.62. The first-order valence-corrected chi connectivity index (χ1v) is 5.82. The van der Waals surface area contributed by atoms with Crippen LogP contribution >= 0.6 is 11.6 Å². The lowest BCUT2D eigenvalue weighted by molar-refractivity contribution is -0.147. The average Bonchev–Trinajstić information content (AvgIpc) is 2.35. The van der Waals surface area contributed by atoms with Crippen LogP contribution in [0.25, 0.3) is 0 Å². The number of aliphatic hydroxyl groups excluding tert-OH is 1. The fraction of sp³-hybridized carbons (Fsp3) is 0.333. The topological polar surface area (TPSA) is 83.8 Å². The van der Waals surface area contributed by atoms with Crippen LogP contribution in [0.3, 0.4) is 0 Å². The molecule has 0 spiro atoms. The van der Waals surface area contributed by atoms with E-state index in [0.717, 1.165) is 13.0 Å². The van der Waals surface area contributed by atoms with Gasteiger partial charge in [0.2, 0.25) is 0 Å². The van der Waals surface area contributed by atoms with Gasteiger partial charge in [0.25, 0.3) is 0 Å². The lowest BCUT2D eigenvalue weighted by atomic mass is 9.97. The number of carbonyl (C=O) groups excluding carboxylic acids is 1. The summed E-state index contributed by atoms with van der Waals surface area (Å²) in [4.78, 5) is 22.1. The van der Waals surface area contributed by atoms with Crippen molar-refractivity contribution in [1.29, 1.82) is 0 Å². The molecule has 5 nitrogen and oxygen atoms in total. The van der Waals surface area contributed by atoms with Crippen molar-refractivity contribution in [1.82, 2.24) is 0 Å². The van der Waals surface area contributed by atoms with E-state index in [1.165, 1.54) is 12.1 Å². The van der Waals surface area contributed by atoms with Gasteiger partial charge < -0.3 is 14.9 Å². The maximum Gasteiger partial charge on any atom is 0.387 e. The third-order valence-corrected chi connectivity index (χ3v) is 3.00. The number of Topliss-reactive ketones (excluding diaryl/α,β-unsaturated/α-hetero) is 1. The van der Waals surface area contributed by atoms with Crippen molar-refractivity contribution < 1.29 is 33.3 Å². The van der Waals surface area contributed by atoms with E-state index in [2.05, 4.69) is 4.74 Å². The summed E-state index contributed by atoms with van der Waals surface area (Å²) in [5.41, 5.74) is -0.553. The van der Waals surface area contributed by atoms with Crippen molar-refractivity contribution in [2.75, 3.05) is 0 Å². The minimum atomic E-state index is -3.21. The first-order valence-electron chi connectivity index (χ1n) is 5.38. The number of hydrogen-bond donors (Lipinski definition) is 2. The Labute approximate surface area is 117 Å². The molecule has 0 fully saturated rings. The Morgan fingerprint density at radius 1 is 1.35 bits per heavy atom. The predicted octanol–water partition coefficient (Wildman–Crippen LogP) is 2.27. The Bertz CT molecular complexity index is 521. The number of rotatable bonds is 6. The summed E-state index contributed by atoms with van der Waals surface area (Å²) >= 11 is 5.81. The maximum atomic E-state index is 12.3. The van der Waals surface area contributed by atoms with Crippen molar-refractivity contribution in [2.45, 2.75) is 25.0 Å². The Morgan fingerprint density at radius 2 is 1.95 bits per heavy atom. The highest BCUT2D eigenvalue weighted by Crippen LogP contribution is 2.36. The summed E-state index contributed by atoms with van der Waals surface area (Å²) in [6.07, 6.45) is -2.14. The highest BCUT2D eigenvalue weighted by Gasteiger charge is 2.29.